The van der Waals surface area contributed by atoms with Gasteiger partial charge < -0.3 is 10.6 Å². The van der Waals surface area contributed by atoms with Gasteiger partial charge in [-0.3, -0.25) is 19.3 Å². The van der Waals surface area contributed by atoms with Crippen LogP contribution in [0, 0.1) is 12.8 Å². The SMILES string of the molecule is Cc1ccc2c(c1)C(=O)N(CC(=O)NC1CCNCC1C)C2=O.Cl. The Hall–Kier alpha value is -1.92. The molecule has 0 radical (unpaired) electrons. The number of nitrogens with one attached hydrogen (secondary N) is 2. The molecule has 1 aromatic rings. The Balaban J connectivity index is 0.00000208. The highest BCUT2D eigenvalue weighted by molar-refractivity contribution is 6.22. The molecule has 6 nitrogen and oxygen atoms in total. The average molecular weight is 352 g/mol. The third kappa shape index (κ3) is 3.44. The summed E-state index contributed by atoms with van der Waals surface area (Å²) in [7, 11) is 0. The molecule has 0 saturated carbocycles. The summed E-state index contributed by atoms with van der Waals surface area (Å²) >= 11 is 0. The number of carbonyl (C=O) groups is 3. The number of hydrogen-bond donors (Lipinski definition) is 2. The van der Waals surface area contributed by atoms with Gasteiger partial charge in [0.25, 0.3) is 11.8 Å². The van der Waals surface area contributed by atoms with Crippen molar-refractivity contribution >= 4 is 30.1 Å². The lowest BCUT2D eigenvalue weighted by Crippen LogP contribution is -2.51. The number of aryl methyl sites for hydroxylation is 1. The van der Waals surface area contributed by atoms with Crippen molar-refractivity contribution in [1.29, 1.82) is 0 Å². The van der Waals surface area contributed by atoms with Crippen LogP contribution in [0.15, 0.2) is 18.2 Å². The second kappa shape index (κ2) is 7.32. The van der Waals surface area contributed by atoms with Gasteiger partial charge in [-0.25, -0.2) is 0 Å². The predicted octanol–water partition coefficient (Wildman–Crippen LogP) is 1.13. The molecule has 2 heterocycles. The van der Waals surface area contributed by atoms with Crippen LogP contribution in [0.3, 0.4) is 0 Å². The van der Waals surface area contributed by atoms with E-state index in [1.807, 2.05) is 6.92 Å². The first kappa shape index (κ1) is 18.4. The topological polar surface area (TPSA) is 78.5 Å². The van der Waals surface area contributed by atoms with E-state index >= 15 is 0 Å². The molecule has 1 saturated heterocycles. The zero-order valence-electron chi connectivity index (χ0n) is 13.8. The summed E-state index contributed by atoms with van der Waals surface area (Å²) in [5, 5.41) is 6.22. The molecule has 3 rings (SSSR count). The van der Waals surface area contributed by atoms with Gasteiger partial charge in [-0.1, -0.05) is 18.6 Å². The maximum atomic E-state index is 12.4. The normalized spacial score (nSPS) is 22.8. The van der Waals surface area contributed by atoms with Crippen molar-refractivity contribution in [2.24, 2.45) is 5.92 Å². The zero-order valence-corrected chi connectivity index (χ0v) is 14.6. The smallest absolute Gasteiger partial charge is 0.262 e. The van der Waals surface area contributed by atoms with Crippen molar-refractivity contribution in [1.82, 2.24) is 15.5 Å². The summed E-state index contributed by atoms with van der Waals surface area (Å²) in [5.74, 6) is -0.728. The van der Waals surface area contributed by atoms with E-state index < -0.39 is 5.91 Å². The second-order valence-electron chi connectivity index (χ2n) is 6.39. The molecule has 0 aromatic heterocycles. The highest BCUT2D eigenvalue weighted by Gasteiger charge is 2.37. The van der Waals surface area contributed by atoms with Gasteiger partial charge in [0, 0.05) is 6.04 Å². The minimum atomic E-state index is -0.390. The second-order valence-corrected chi connectivity index (χ2v) is 6.39. The summed E-state index contributed by atoms with van der Waals surface area (Å²) in [6.07, 6.45) is 0.855. The summed E-state index contributed by atoms with van der Waals surface area (Å²) in [4.78, 5) is 38.0. The Morgan fingerprint density at radius 2 is 2.00 bits per heavy atom. The van der Waals surface area contributed by atoms with Crippen LogP contribution in [0.4, 0.5) is 0 Å². The fraction of sp³-hybridized carbons (Fsp3) is 0.471. The van der Waals surface area contributed by atoms with Gasteiger partial charge in [-0.15, -0.1) is 12.4 Å². The first-order valence-corrected chi connectivity index (χ1v) is 7.94. The quantitative estimate of drug-likeness (QED) is 0.800. The highest BCUT2D eigenvalue weighted by atomic mass is 35.5. The van der Waals surface area contributed by atoms with E-state index in [1.54, 1.807) is 18.2 Å². The molecule has 2 N–H and O–H groups in total. The van der Waals surface area contributed by atoms with Crippen molar-refractivity contribution < 1.29 is 14.4 Å². The van der Waals surface area contributed by atoms with E-state index in [0.29, 0.717) is 17.0 Å². The molecular formula is C17H22ClN3O3. The summed E-state index contributed by atoms with van der Waals surface area (Å²) in [5.41, 5.74) is 1.68. The van der Waals surface area contributed by atoms with E-state index in [-0.39, 0.29) is 36.8 Å². The number of hydrogen-bond acceptors (Lipinski definition) is 4. The molecule has 0 aliphatic carbocycles. The monoisotopic (exact) mass is 351 g/mol. The first-order chi connectivity index (χ1) is 11.0. The Morgan fingerprint density at radius 3 is 2.71 bits per heavy atom. The van der Waals surface area contributed by atoms with Crippen LogP contribution in [0.2, 0.25) is 0 Å². The number of amides is 3. The molecule has 2 aliphatic rings. The van der Waals surface area contributed by atoms with Crippen LogP contribution in [-0.2, 0) is 4.79 Å². The molecule has 0 spiro atoms. The van der Waals surface area contributed by atoms with Gasteiger partial charge >= 0.3 is 0 Å². The fourth-order valence-corrected chi connectivity index (χ4v) is 3.17. The minimum Gasteiger partial charge on any atom is -0.351 e. The van der Waals surface area contributed by atoms with Crippen LogP contribution in [0.1, 0.15) is 39.6 Å². The van der Waals surface area contributed by atoms with Gasteiger partial charge in [-0.2, -0.15) is 0 Å². The van der Waals surface area contributed by atoms with Crippen molar-refractivity contribution in [2.45, 2.75) is 26.3 Å². The molecular weight excluding hydrogens is 330 g/mol. The standard InChI is InChI=1S/C17H21N3O3.ClH/c1-10-3-4-12-13(7-10)17(23)20(16(12)22)9-15(21)19-14-5-6-18-8-11(14)2;/h3-4,7,11,14,18H,5-6,8-9H2,1-2H3,(H,19,21);1H. The highest BCUT2D eigenvalue weighted by Crippen LogP contribution is 2.23. The van der Waals surface area contributed by atoms with Crippen molar-refractivity contribution in [3.8, 4) is 0 Å². The number of carbonyl (C=O) groups excluding carboxylic acids is 3. The molecule has 3 amide bonds. The van der Waals surface area contributed by atoms with Crippen molar-refractivity contribution in [3.63, 3.8) is 0 Å². The van der Waals surface area contributed by atoms with E-state index in [1.165, 1.54) is 0 Å². The van der Waals surface area contributed by atoms with Crippen molar-refractivity contribution in [2.75, 3.05) is 19.6 Å². The lowest BCUT2D eigenvalue weighted by Gasteiger charge is -2.30. The van der Waals surface area contributed by atoms with E-state index in [2.05, 4.69) is 17.6 Å². The zero-order chi connectivity index (χ0) is 16.6. The number of piperidine rings is 1. The minimum absolute atomic E-state index is 0. The summed E-state index contributed by atoms with van der Waals surface area (Å²) < 4.78 is 0. The number of benzene rings is 1. The molecule has 2 aliphatic heterocycles. The molecule has 130 valence electrons. The first-order valence-electron chi connectivity index (χ1n) is 7.94. The van der Waals surface area contributed by atoms with Crippen LogP contribution in [-0.4, -0.2) is 48.3 Å². The lowest BCUT2D eigenvalue weighted by atomic mass is 9.95. The Labute approximate surface area is 147 Å². The van der Waals surface area contributed by atoms with Gasteiger partial charge in [-0.05, 0) is 44.5 Å². The third-order valence-electron chi connectivity index (χ3n) is 4.56. The lowest BCUT2D eigenvalue weighted by molar-refractivity contribution is -0.122. The van der Waals surface area contributed by atoms with Gasteiger partial charge in [0.1, 0.15) is 6.54 Å². The maximum absolute atomic E-state index is 12.4. The summed E-state index contributed by atoms with van der Waals surface area (Å²) in [6, 6.07) is 5.23. The molecule has 1 aromatic carbocycles. The van der Waals surface area contributed by atoms with Crippen LogP contribution in [0.25, 0.3) is 0 Å². The Bertz CT molecular complexity index is 677. The van der Waals surface area contributed by atoms with E-state index in [4.69, 9.17) is 0 Å². The van der Waals surface area contributed by atoms with Crippen LogP contribution < -0.4 is 10.6 Å². The summed E-state index contributed by atoms with van der Waals surface area (Å²) in [6.45, 7) is 5.44. The molecule has 24 heavy (non-hydrogen) atoms. The fourth-order valence-electron chi connectivity index (χ4n) is 3.17. The number of rotatable bonds is 3. The van der Waals surface area contributed by atoms with Gasteiger partial charge in [0.15, 0.2) is 0 Å². The number of fused-ring (bicyclic) bond motifs is 1. The largest absolute Gasteiger partial charge is 0.351 e. The molecule has 7 heteroatoms. The molecule has 2 unspecified atom stereocenters. The van der Waals surface area contributed by atoms with E-state index in [0.717, 1.165) is 30.0 Å². The van der Waals surface area contributed by atoms with Crippen molar-refractivity contribution in [3.05, 3.63) is 34.9 Å². The van der Waals surface area contributed by atoms with Gasteiger partial charge in [0.2, 0.25) is 5.91 Å². The maximum Gasteiger partial charge on any atom is 0.262 e. The van der Waals surface area contributed by atoms with Crippen LogP contribution >= 0.6 is 12.4 Å². The molecule has 1 fully saturated rings. The number of imide groups is 1. The number of halogens is 1. The molecule has 0 bridgehead atoms. The van der Waals surface area contributed by atoms with Crippen LogP contribution in [0.5, 0.6) is 0 Å². The number of nitrogens with zero attached hydrogens (tertiary/aromatic N) is 1. The predicted molar refractivity (Wildman–Crippen MR) is 92.4 cm³/mol. The Kier molecular flexibility index (Phi) is 5.62. The third-order valence-corrected chi connectivity index (χ3v) is 4.56. The van der Waals surface area contributed by atoms with E-state index in [9.17, 15) is 14.4 Å². The molecule has 2 atom stereocenters. The van der Waals surface area contributed by atoms with Gasteiger partial charge in [0.05, 0.1) is 11.1 Å². The average Bonchev–Trinajstić information content (AvgIpc) is 2.74. The Morgan fingerprint density at radius 1 is 1.29 bits per heavy atom.